The summed E-state index contributed by atoms with van der Waals surface area (Å²) in [6.07, 6.45) is 13.9. The molecule has 2 aliphatic heterocycles. The van der Waals surface area contributed by atoms with Gasteiger partial charge in [-0.2, -0.15) is 6.07 Å². The van der Waals surface area contributed by atoms with E-state index < -0.39 is 0 Å². The van der Waals surface area contributed by atoms with Gasteiger partial charge in [0.15, 0.2) is 0 Å². The normalized spacial score (nSPS) is 13.4. The first-order valence-corrected chi connectivity index (χ1v) is 12.7. The first-order chi connectivity index (χ1) is 19.3. The molecule has 0 saturated carbocycles. The van der Waals surface area contributed by atoms with E-state index in [1.54, 1.807) is 12.4 Å². The molecule has 0 atom stereocenters. The molecule has 0 amide bonds. The third-order valence-electron chi connectivity index (χ3n) is 7.23. The number of imidazole rings is 1. The van der Waals surface area contributed by atoms with Crippen molar-refractivity contribution < 1.29 is 24.8 Å². The molecule has 0 unspecified atom stereocenters. The maximum absolute atomic E-state index is 4.65. The van der Waals surface area contributed by atoms with Gasteiger partial charge in [-0.3, -0.25) is 15.0 Å². The number of nitrogens with zero attached hydrogens (tertiary/aromatic N) is 7. The Balaban J connectivity index is 0.000000131. The SMILES string of the molecule is CN1C=C2c3ccccc3-c3ccc[c-][n+]3N2[CH-]1.[Ir+3].[c-]1ncc2c3ncc4ccccc4c3c3cccnc3n12. The van der Waals surface area contributed by atoms with E-state index in [4.69, 9.17) is 0 Å². The van der Waals surface area contributed by atoms with E-state index in [-0.39, 0.29) is 20.1 Å². The second kappa shape index (κ2) is 9.52. The molecule has 0 aliphatic carbocycles. The number of benzene rings is 2. The molecule has 0 spiro atoms. The zero-order valence-electron chi connectivity index (χ0n) is 21.4. The fourth-order valence-electron chi connectivity index (χ4n) is 5.57. The fourth-order valence-corrected chi connectivity index (χ4v) is 5.57. The van der Waals surface area contributed by atoms with Gasteiger partial charge in [-0.25, -0.2) is 4.68 Å². The third kappa shape index (κ3) is 3.61. The molecular formula is C32H21IrN7+. The molecule has 2 aliphatic rings. The Hall–Kier alpha value is -4.65. The van der Waals surface area contributed by atoms with Gasteiger partial charge >= 0.3 is 20.1 Å². The molecule has 5 aromatic heterocycles. The van der Waals surface area contributed by atoms with Crippen LogP contribution in [0.25, 0.3) is 55.2 Å². The van der Waals surface area contributed by atoms with Crippen molar-refractivity contribution in [1.82, 2.24) is 24.3 Å². The Morgan fingerprint density at radius 2 is 1.68 bits per heavy atom. The molecule has 0 fully saturated rings. The van der Waals surface area contributed by atoms with Crippen LogP contribution in [-0.4, -0.2) is 31.3 Å². The average Bonchev–Trinajstić information content (AvgIpc) is 3.65. The maximum Gasteiger partial charge on any atom is 3.00 e. The van der Waals surface area contributed by atoms with Gasteiger partial charge in [-0.15, -0.1) is 6.07 Å². The second-order valence-corrected chi connectivity index (χ2v) is 9.56. The molecule has 40 heavy (non-hydrogen) atoms. The van der Waals surface area contributed by atoms with Crippen molar-refractivity contribution in [2.24, 2.45) is 0 Å². The summed E-state index contributed by atoms with van der Waals surface area (Å²) in [5.74, 6) is 0. The third-order valence-corrected chi connectivity index (χ3v) is 7.23. The zero-order valence-corrected chi connectivity index (χ0v) is 23.8. The van der Waals surface area contributed by atoms with Crippen LogP contribution in [0.4, 0.5) is 0 Å². The molecule has 2 aromatic carbocycles. The van der Waals surface area contributed by atoms with Crippen molar-refractivity contribution in [1.29, 1.82) is 0 Å². The van der Waals surface area contributed by atoms with Crippen LogP contribution in [0.5, 0.6) is 0 Å². The summed E-state index contributed by atoms with van der Waals surface area (Å²) in [4.78, 5) is 15.4. The van der Waals surface area contributed by atoms with Crippen molar-refractivity contribution in [3.8, 4) is 11.3 Å². The number of fused-ring (bicyclic) bond motifs is 14. The topological polar surface area (TPSA) is 53.4 Å². The number of rotatable bonds is 0. The van der Waals surface area contributed by atoms with Crippen LogP contribution in [0.15, 0.2) is 104 Å². The van der Waals surface area contributed by atoms with Crippen LogP contribution < -0.4 is 9.69 Å². The molecule has 0 radical (unpaired) electrons. The quantitative estimate of drug-likeness (QED) is 0.125. The zero-order chi connectivity index (χ0) is 25.9. The Kier molecular flexibility index (Phi) is 5.81. The van der Waals surface area contributed by atoms with Gasteiger partial charge in [-0.05, 0) is 35.6 Å². The maximum atomic E-state index is 4.65. The summed E-state index contributed by atoms with van der Waals surface area (Å²) >= 11 is 0. The van der Waals surface area contributed by atoms with Crippen LogP contribution in [0.3, 0.4) is 0 Å². The summed E-state index contributed by atoms with van der Waals surface area (Å²) in [5.41, 5.74) is 7.59. The molecule has 7 nitrogen and oxygen atoms in total. The predicted octanol–water partition coefficient (Wildman–Crippen LogP) is 5.14. The molecule has 7 heterocycles. The average molecular weight is 696 g/mol. The minimum atomic E-state index is 0. The van der Waals surface area contributed by atoms with Gasteiger partial charge in [0.1, 0.15) is 11.9 Å². The Morgan fingerprint density at radius 3 is 2.60 bits per heavy atom. The van der Waals surface area contributed by atoms with Crippen molar-refractivity contribution in [2.45, 2.75) is 0 Å². The molecular weight excluding hydrogens is 675 g/mol. The molecule has 8 heteroatoms. The van der Waals surface area contributed by atoms with Crippen LogP contribution in [-0.2, 0) is 20.1 Å². The predicted molar refractivity (Wildman–Crippen MR) is 151 cm³/mol. The number of hydrogen-bond acceptors (Lipinski definition) is 5. The van der Waals surface area contributed by atoms with E-state index in [0.29, 0.717) is 0 Å². The van der Waals surface area contributed by atoms with Gasteiger partial charge in [0.2, 0.25) is 0 Å². The van der Waals surface area contributed by atoms with Crippen LogP contribution in [0.1, 0.15) is 5.56 Å². The smallest absolute Gasteiger partial charge is 0.504 e. The first kappa shape index (κ1) is 24.4. The van der Waals surface area contributed by atoms with Gasteiger partial charge in [-0.1, -0.05) is 73.5 Å². The van der Waals surface area contributed by atoms with Crippen molar-refractivity contribution in [2.75, 3.05) is 12.1 Å². The van der Waals surface area contributed by atoms with Crippen LogP contribution in [0, 0.1) is 19.2 Å². The van der Waals surface area contributed by atoms with E-state index in [0.717, 1.165) is 38.5 Å². The van der Waals surface area contributed by atoms with E-state index >= 15 is 0 Å². The summed E-state index contributed by atoms with van der Waals surface area (Å²) < 4.78 is 3.93. The summed E-state index contributed by atoms with van der Waals surface area (Å²) in [6.45, 7) is 2.06. The Morgan fingerprint density at radius 1 is 0.850 bits per heavy atom. The van der Waals surface area contributed by atoms with Gasteiger partial charge < -0.3 is 14.3 Å². The van der Waals surface area contributed by atoms with Crippen molar-refractivity contribution >= 4 is 43.9 Å². The van der Waals surface area contributed by atoms with Crippen molar-refractivity contribution in [3.63, 3.8) is 0 Å². The molecule has 192 valence electrons. The molecule has 0 saturated heterocycles. The van der Waals surface area contributed by atoms with Crippen LogP contribution >= 0.6 is 0 Å². The minimum Gasteiger partial charge on any atom is -0.504 e. The molecule has 9 rings (SSSR count). The number of aromatic nitrogens is 5. The van der Waals surface area contributed by atoms with Gasteiger partial charge in [0, 0.05) is 46.1 Å². The monoisotopic (exact) mass is 696 g/mol. The number of pyridine rings is 4. The van der Waals surface area contributed by atoms with Gasteiger partial charge in [0.25, 0.3) is 0 Å². The Labute approximate surface area is 244 Å². The first-order valence-electron chi connectivity index (χ1n) is 12.7. The molecule has 0 N–H and O–H groups in total. The van der Waals surface area contributed by atoms with Crippen molar-refractivity contribution in [3.05, 3.63) is 128 Å². The Bertz CT molecular complexity index is 2100. The fraction of sp³-hybridized carbons (Fsp3) is 0.0312. The van der Waals surface area contributed by atoms with E-state index in [2.05, 4.69) is 110 Å². The summed E-state index contributed by atoms with van der Waals surface area (Å²) in [6, 6.07) is 26.9. The summed E-state index contributed by atoms with van der Waals surface area (Å²) in [7, 11) is 2.04. The van der Waals surface area contributed by atoms with E-state index in [1.807, 2.05) is 41.9 Å². The van der Waals surface area contributed by atoms with E-state index in [1.165, 1.54) is 22.2 Å². The molecule has 7 aromatic rings. The largest absolute Gasteiger partial charge is 3.00 e. The summed E-state index contributed by atoms with van der Waals surface area (Å²) in [5, 5.41) is 6.63. The van der Waals surface area contributed by atoms with Gasteiger partial charge in [0.05, 0.1) is 11.3 Å². The molecule has 0 bridgehead atoms. The van der Waals surface area contributed by atoms with Crippen LogP contribution in [0.2, 0.25) is 0 Å². The number of hydrogen-bond donors (Lipinski definition) is 0. The second-order valence-electron chi connectivity index (χ2n) is 9.56. The standard InChI is InChI=1S/C17H9N4.C15H12N3.Ir/c1-2-5-12-11(4-1)8-20-16-14-9-18-10-21(14)17-13(15(12)16)6-3-7-19-17;1-16-10-15-13-7-3-2-6-12(13)14-8-4-5-9-17(14)18(15)11-16;/h1-9H;2-8,10-11H,1H3;/q2*-1;+3. The van der Waals surface area contributed by atoms with E-state index in [9.17, 15) is 0 Å². The minimum absolute atomic E-state index is 0.